The number of rotatable bonds is 2. The number of hydrogen-bond acceptors (Lipinski definition) is 5. The third-order valence-electron chi connectivity index (χ3n) is 4.51. The SMILES string of the molecule is CC1(C)C(N)=N[C@](C)(c2sc(-c3ccc(F)c(C#N)c3)cc2Cl)CS1=O. The zero-order valence-electron chi connectivity index (χ0n) is 14.5. The van der Waals surface area contributed by atoms with E-state index in [0.717, 1.165) is 9.75 Å². The van der Waals surface area contributed by atoms with E-state index in [1.807, 2.05) is 26.8 Å². The Balaban J connectivity index is 2.08. The van der Waals surface area contributed by atoms with Gasteiger partial charge < -0.3 is 5.73 Å². The monoisotopic (exact) mass is 409 g/mol. The van der Waals surface area contributed by atoms with Gasteiger partial charge in [0.15, 0.2) is 0 Å². The van der Waals surface area contributed by atoms with Crippen molar-refractivity contribution < 1.29 is 8.60 Å². The van der Waals surface area contributed by atoms with Gasteiger partial charge in [0.25, 0.3) is 0 Å². The summed E-state index contributed by atoms with van der Waals surface area (Å²) in [5, 5.41) is 9.51. The van der Waals surface area contributed by atoms with Gasteiger partial charge in [0.2, 0.25) is 0 Å². The summed E-state index contributed by atoms with van der Waals surface area (Å²) in [4.78, 5) is 6.16. The second-order valence-electron chi connectivity index (χ2n) is 6.87. The van der Waals surface area contributed by atoms with Crippen molar-refractivity contribution >= 4 is 39.6 Å². The molecule has 1 aliphatic heterocycles. The lowest BCUT2D eigenvalue weighted by Crippen LogP contribution is -2.51. The molecule has 0 aliphatic carbocycles. The van der Waals surface area contributed by atoms with Gasteiger partial charge in [0.1, 0.15) is 23.3 Å². The minimum atomic E-state index is -1.20. The van der Waals surface area contributed by atoms with Gasteiger partial charge in [-0.1, -0.05) is 17.7 Å². The molecule has 1 aliphatic rings. The third-order valence-corrected chi connectivity index (χ3v) is 8.53. The second kappa shape index (κ2) is 6.45. The fraction of sp³-hybridized carbons (Fsp3) is 0.333. The summed E-state index contributed by atoms with van der Waals surface area (Å²) in [6.07, 6.45) is 0. The minimum absolute atomic E-state index is 0.0254. The Morgan fingerprint density at radius 3 is 2.69 bits per heavy atom. The lowest BCUT2D eigenvalue weighted by atomic mass is 10.0. The van der Waals surface area contributed by atoms with E-state index in [1.54, 1.807) is 12.1 Å². The van der Waals surface area contributed by atoms with Crippen LogP contribution in [0, 0.1) is 17.1 Å². The van der Waals surface area contributed by atoms with Gasteiger partial charge in [-0.3, -0.25) is 9.20 Å². The van der Waals surface area contributed by atoms with E-state index in [9.17, 15) is 8.60 Å². The zero-order chi connectivity index (χ0) is 19.3. The largest absolute Gasteiger partial charge is 0.386 e. The number of nitriles is 1. The predicted octanol–water partition coefficient (Wildman–Crippen LogP) is 4.19. The molecule has 3 rings (SSSR count). The summed E-state index contributed by atoms with van der Waals surface area (Å²) >= 11 is 7.84. The Bertz CT molecular complexity index is 993. The van der Waals surface area contributed by atoms with Gasteiger partial charge >= 0.3 is 0 Å². The van der Waals surface area contributed by atoms with Gasteiger partial charge in [-0.15, -0.1) is 11.3 Å². The Morgan fingerprint density at radius 1 is 1.38 bits per heavy atom. The molecule has 26 heavy (non-hydrogen) atoms. The molecule has 1 unspecified atom stereocenters. The summed E-state index contributed by atoms with van der Waals surface area (Å²) in [7, 11) is -1.20. The Morgan fingerprint density at radius 2 is 2.08 bits per heavy atom. The fourth-order valence-corrected chi connectivity index (χ4v) is 5.82. The van der Waals surface area contributed by atoms with E-state index in [2.05, 4.69) is 4.99 Å². The molecule has 0 saturated carbocycles. The molecular formula is C18H17ClFN3OS2. The van der Waals surface area contributed by atoms with Crippen LogP contribution in [-0.4, -0.2) is 20.5 Å². The van der Waals surface area contributed by atoms with Gasteiger partial charge in [0, 0.05) is 15.7 Å². The van der Waals surface area contributed by atoms with E-state index in [1.165, 1.54) is 23.5 Å². The quantitative estimate of drug-likeness (QED) is 0.807. The molecule has 136 valence electrons. The summed E-state index contributed by atoms with van der Waals surface area (Å²) < 4.78 is 25.6. The van der Waals surface area contributed by atoms with Crippen molar-refractivity contribution in [3.63, 3.8) is 0 Å². The second-order valence-corrected chi connectivity index (χ2v) is 10.3. The van der Waals surface area contributed by atoms with E-state index < -0.39 is 26.9 Å². The number of nitrogens with zero attached hydrogens (tertiary/aromatic N) is 2. The van der Waals surface area contributed by atoms with Crippen LogP contribution in [0.15, 0.2) is 29.3 Å². The van der Waals surface area contributed by atoms with Gasteiger partial charge in [0.05, 0.1) is 26.0 Å². The first-order valence-electron chi connectivity index (χ1n) is 7.82. The van der Waals surface area contributed by atoms with E-state index in [0.29, 0.717) is 22.2 Å². The highest BCUT2D eigenvalue weighted by molar-refractivity contribution is 7.87. The first-order valence-corrected chi connectivity index (χ1v) is 10.3. The van der Waals surface area contributed by atoms with Gasteiger partial charge in [-0.05, 0) is 44.5 Å². The molecule has 0 radical (unpaired) electrons. The average Bonchev–Trinajstić information content (AvgIpc) is 2.96. The molecule has 2 heterocycles. The highest BCUT2D eigenvalue weighted by Gasteiger charge is 2.44. The van der Waals surface area contributed by atoms with Crippen LogP contribution in [0.5, 0.6) is 0 Å². The number of benzene rings is 1. The normalized spacial score (nSPS) is 24.8. The third kappa shape index (κ3) is 3.07. The van der Waals surface area contributed by atoms with Crippen LogP contribution >= 0.6 is 22.9 Å². The highest BCUT2D eigenvalue weighted by Crippen LogP contribution is 2.45. The molecule has 2 atom stereocenters. The first-order chi connectivity index (χ1) is 12.1. The molecule has 0 fully saturated rings. The van der Waals surface area contributed by atoms with Crippen LogP contribution in [0.1, 0.15) is 31.2 Å². The maximum atomic E-state index is 13.6. The minimum Gasteiger partial charge on any atom is -0.386 e. The fourth-order valence-electron chi connectivity index (χ4n) is 2.74. The van der Waals surface area contributed by atoms with Gasteiger partial charge in [-0.2, -0.15) is 5.26 Å². The summed E-state index contributed by atoms with van der Waals surface area (Å²) in [6, 6.07) is 7.95. The van der Waals surface area contributed by atoms with Crippen molar-refractivity contribution in [3.05, 3.63) is 45.5 Å². The summed E-state index contributed by atoms with van der Waals surface area (Å²) in [5.41, 5.74) is 5.96. The number of thiophene rings is 1. The molecule has 1 aromatic carbocycles. The molecule has 1 aromatic heterocycles. The number of hydrogen-bond donors (Lipinski definition) is 1. The van der Waals surface area contributed by atoms with Crippen molar-refractivity contribution in [1.29, 1.82) is 5.26 Å². The number of aliphatic imine (C=N–C) groups is 1. The standard InChI is InChI=1S/C18H17ClFN3OS2/c1-17(2)16(22)23-18(3,9-26(17)24)15-12(19)7-14(25-15)10-4-5-13(20)11(6-10)8-21/h4-7H,9H2,1-3H3,(H2,22,23)/t18-,26?/m0/s1. The van der Waals surface area contributed by atoms with Crippen LogP contribution in [0.25, 0.3) is 10.4 Å². The maximum Gasteiger partial charge on any atom is 0.140 e. The average molecular weight is 410 g/mol. The first kappa shape index (κ1) is 19.0. The molecule has 0 saturated heterocycles. The van der Waals surface area contributed by atoms with Crippen molar-refractivity contribution in [1.82, 2.24) is 0 Å². The smallest absolute Gasteiger partial charge is 0.140 e. The van der Waals surface area contributed by atoms with Crippen LogP contribution < -0.4 is 5.73 Å². The zero-order valence-corrected chi connectivity index (χ0v) is 16.9. The van der Waals surface area contributed by atoms with Gasteiger partial charge in [-0.25, -0.2) is 4.39 Å². The highest BCUT2D eigenvalue weighted by atomic mass is 35.5. The molecule has 8 heteroatoms. The Kier molecular flexibility index (Phi) is 4.72. The molecule has 0 spiro atoms. The lowest BCUT2D eigenvalue weighted by Gasteiger charge is -2.36. The number of amidine groups is 1. The van der Waals surface area contributed by atoms with Crippen LogP contribution in [0.3, 0.4) is 0 Å². The van der Waals surface area contributed by atoms with E-state index in [-0.39, 0.29) is 5.56 Å². The molecule has 2 aromatic rings. The molecular weight excluding hydrogens is 393 g/mol. The molecule has 0 bridgehead atoms. The van der Waals surface area contributed by atoms with Crippen molar-refractivity contribution in [2.24, 2.45) is 10.7 Å². The molecule has 0 amide bonds. The summed E-state index contributed by atoms with van der Waals surface area (Å²) in [6.45, 7) is 5.48. The topological polar surface area (TPSA) is 79.2 Å². The molecule has 4 nitrogen and oxygen atoms in total. The van der Waals surface area contributed by atoms with Crippen molar-refractivity contribution in [2.75, 3.05) is 5.75 Å². The van der Waals surface area contributed by atoms with E-state index >= 15 is 0 Å². The Hall–Kier alpha value is -1.75. The predicted molar refractivity (Wildman–Crippen MR) is 106 cm³/mol. The van der Waals surface area contributed by atoms with Crippen LogP contribution in [0.4, 0.5) is 4.39 Å². The number of nitrogens with two attached hydrogens (primary N) is 1. The van der Waals surface area contributed by atoms with Crippen LogP contribution in [-0.2, 0) is 16.3 Å². The summed E-state index contributed by atoms with van der Waals surface area (Å²) in [5.74, 6) is 0.0882. The Labute approximate surface area is 163 Å². The van der Waals surface area contributed by atoms with Crippen molar-refractivity contribution in [3.8, 4) is 16.5 Å². The number of halogens is 2. The maximum absolute atomic E-state index is 13.6. The van der Waals surface area contributed by atoms with Crippen molar-refractivity contribution in [2.45, 2.75) is 31.1 Å². The lowest BCUT2D eigenvalue weighted by molar-refractivity contribution is 0.545. The van der Waals surface area contributed by atoms with E-state index in [4.69, 9.17) is 22.6 Å². The molecule has 2 N–H and O–H groups in total. The van der Waals surface area contributed by atoms with Crippen LogP contribution in [0.2, 0.25) is 5.02 Å².